The molecule has 0 aliphatic heterocycles. The van der Waals surface area contributed by atoms with E-state index in [1.165, 1.54) is 18.8 Å². The fourth-order valence-electron chi connectivity index (χ4n) is 3.31. The van der Waals surface area contributed by atoms with Crippen LogP contribution in [0.2, 0.25) is 0 Å². The number of carbonyl (C=O) groups is 1. The van der Waals surface area contributed by atoms with Gasteiger partial charge in [0, 0.05) is 11.6 Å². The van der Waals surface area contributed by atoms with Gasteiger partial charge in [-0.1, -0.05) is 24.3 Å². The highest BCUT2D eigenvalue weighted by Crippen LogP contribution is 2.30. The number of nitrogens with one attached hydrogen (secondary N) is 1. The molecule has 152 valence electrons. The smallest absolute Gasteiger partial charge is 0.332 e. The molecule has 1 amide bonds. The lowest BCUT2D eigenvalue weighted by Gasteiger charge is -2.11. The van der Waals surface area contributed by atoms with Gasteiger partial charge in [0.15, 0.2) is 28.7 Å². The van der Waals surface area contributed by atoms with Gasteiger partial charge >= 0.3 is 5.69 Å². The van der Waals surface area contributed by atoms with Gasteiger partial charge in [-0.15, -0.1) is 0 Å². The maximum absolute atomic E-state index is 12.8. The minimum Gasteiger partial charge on any atom is -0.493 e. The standard InChI is InChI=1S/C21H19N5O4/c1-11-6-4-5-7-13(11)19-23-16(18(22)27)17-20(25-19)26(21(28)24-17)12-8-9-14(29-2)15(10-12)30-3/h4-10H,1-3H3,(H2,22,27)(H,24,28). The number of rotatable bonds is 5. The maximum atomic E-state index is 12.8. The van der Waals surface area contributed by atoms with Crippen molar-refractivity contribution < 1.29 is 14.3 Å². The number of carbonyl (C=O) groups excluding carboxylic acids is 1. The second-order valence-corrected chi connectivity index (χ2v) is 6.58. The Morgan fingerprint density at radius 3 is 2.47 bits per heavy atom. The van der Waals surface area contributed by atoms with Crippen molar-refractivity contribution in [1.29, 1.82) is 0 Å². The zero-order chi connectivity index (χ0) is 21.4. The molecule has 0 saturated heterocycles. The molecular weight excluding hydrogens is 386 g/mol. The number of methoxy groups -OCH3 is 2. The van der Waals surface area contributed by atoms with Crippen molar-refractivity contribution in [2.24, 2.45) is 5.73 Å². The van der Waals surface area contributed by atoms with Crippen LogP contribution < -0.4 is 20.9 Å². The predicted octanol–water partition coefficient (Wildman–Crippen LogP) is 2.20. The molecule has 2 aromatic heterocycles. The van der Waals surface area contributed by atoms with Gasteiger partial charge in [-0.25, -0.2) is 19.3 Å². The van der Waals surface area contributed by atoms with Gasteiger partial charge in [-0.3, -0.25) is 4.79 Å². The van der Waals surface area contributed by atoms with Crippen molar-refractivity contribution >= 4 is 17.1 Å². The number of nitrogens with zero attached hydrogens (tertiary/aromatic N) is 3. The summed E-state index contributed by atoms with van der Waals surface area (Å²) in [5.74, 6) is 0.488. The van der Waals surface area contributed by atoms with Gasteiger partial charge in [0.25, 0.3) is 5.91 Å². The van der Waals surface area contributed by atoms with Crippen molar-refractivity contribution in [1.82, 2.24) is 19.5 Å². The highest BCUT2D eigenvalue weighted by atomic mass is 16.5. The van der Waals surface area contributed by atoms with Crippen LogP contribution in [0.1, 0.15) is 16.1 Å². The Labute approximate surface area is 171 Å². The number of ether oxygens (including phenoxy) is 2. The lowest BCUT2D eigenvalue weighted by atomic mass is 10.1. The van der Waals surface area contributed by atoms with E-state index in [-0.39, 0.29) is 16.9 Å². The van der Waals surface area contributed by atoms with E-state index in [4.69, 9.17) is 15.2 Å². The average Bonchev–Trinajstić information content (AvgIpc) is 3.08. The molecule has 3 N–H and O–H groups in total. The van der Waals surface area contributed by atoms with Gasteiger partial charge in [-0.2, -0.15) is 0 Å². The largest absolute Gasteiger partial charge is 0.493 e. The fourth-order valence-corrected chi connectivity index (χ4v) is 3.31. The minimum atomic E-state index is -0.766. The summed E-state index contributed by atoms with van der Waals surface area (Å²) in [4.78, 5) is 36.4. The van der Waals surface area contributed by atoms with Crippen molar-refractivity contribution in [2.75, 3.05) is 14.2 Å². The third-order valence-electron chi connectivity index (χ3n) is 4.78. The predicted molar refractivity (Wildman–Crippen MR) is 111 cm³/mol. The molecule has 2 heterocycles. The third kappa shape index (κ3) is 3.06. The molecule has 4 rings (SSSR count). The number of aromatic nitrogens is 4. The normalized spacial score (nSPS) is 10.9. The Balaban J connectivity index is 2.05. The van der Waals surface area contributed by atoms with Gasteiger partial charge in [0.05, 0.1) is 19.9 Å². The maximum Gasteiger partial charge on any atom is 0.332 e. The van der Waals surface area contributed by atoms with E-state index >= 15 is 0 Å². The van der Waals surface area contributed by atoms with Gasteiger partial charge in [0.1, 0.15) is 5.52 Å². The van der Waals surface area contributed by atoms with Crippen LogP contribution in [0.3, 0.4) is 0 Å². The molecule has 0 saturated carbocycles. The molecule has 0 unspecified atom stereocenters. The summed E-state index contributed by atoms with van der Waals surface area (Å²) in [5, 5.41) is 0. The fraction of sp³-hybridized carbons (Fsp3) is 0.143. The summed E-state index contributed by atoms with van der Waals surface area (Å²) < 4.78 is 11.9. The van der Waals surface area contributed by atoms with Crippen molar-refractivity contribution in [3.05, 3.63) is 64.2 Å². The topological polar surface area (TPSA) is 125 Å². The molecule has 4 aromatic rings. The Hall–Kier alpha value is -4.14. The van der Waals surface area contributed by atoms with Crippen molar-refractivity contribution in [3.8, 4) is 28.6 Å². The zero-order valence-electron chi connectivity index (χ0n) is 16.6. The summed E-state index contributed by atoms with van der Waals surface area (Å²) in [6, 6.07) is 12.5. The van der Waals surface area contributed by atoms with Gasteiger partial charge in [0.2, 0.25) is 0 Å². The summed E-state index contributed by atoms with van der Waals surface area (Å²) in [7, 11) is 3.03. The summed E-state index contributed by atoms with van der Waals surface area (Å²) >= 11 is 0. The van der Waals surface area contributed by atoms with E-state index in [9.17, 15) is 9.59 Å². The van der Waals surface area contributed by atoms with E-state index in [0.29, 0.717) is 23.0 Å². The van der Waals surface area contributed by atoms with E-state index in [2.05, 4.69) is 15.0 Å². The molecule has 9 heteroatoms. The summed E-state index contributed by atoms with van der Waals surface area (Å²) in [6.45, 7) is 1.91. The van der Waals surface area contributed by atoms with Crippen LogP contribution in [0.4, 0.5) is 0 Å². The van der Waals surface area contributed by atoms with Crippen LogP contribution in [-0.4, -0.2) is 39.6 Å². The average molecular weight is 405 g/mol. The number of imidazole rings is 1. The number of H-pyrrole nitrogens is 1. The molecule has 0 radical (unpaired) electrons. The highest BCUT2D eigenvalue weighted by molar-refractivity contribution is 6.02. The van der Waals surface area contributed by atoms with Gasteiger partial charge in [-0.05, 0) is 24.6 Å². The SMILES string of the molecule is COc1ccc(-n2c(=O)[nH]c3c(C(N)=O)nc(-c4ccccc4C)nc32)cc1OC. The van der Waals surface area contributed by atoms with E-state index in [1.54, 1.807) is 18.2 Å². The Morgan fingerprint density at radius 2 is 1.80 bits per heavy atom. The summed E-state index contributed by atoms with van der Waals surface area (Å²) in [5.41, 5.74) is 7.53. The Kier molecular flexibility index (Phi) is 4.71. The number of fused-ring (bicyclic) bond motifs is 1. The number of aryl methyl sites for hydroxylation is 1. The second kappa shape index (κ2) is 7.36. The molecule has 0 aliphatic rings. The number of hydrogen-bond donors (Lipinski definition) is 2. The number of amides is 1. The first-order valence-electron chi connectivity index (χ1n) is 9.05. The molecule has 0 spiro atoms. The highest BCUT2D eigenvalue weighted by Gasteiger charge is 2.21. The van der Waals surface area contributed by atoms with E-state index in [0.717, 1.165) is 11.1 Å². The molecule has 2 aromatic carbocycles. The molecule has 30 heavy (non-hydrogen) atoms. The van der Waals surface area contributed by atoms with Crippen molar-refractivity contribution in [2.45, 2.75) is 6.92 Å². The van der Waals surface area contributed by atoms with Crippen LogP contribution in [0.15, 0.2) is 47.3 Å². The quantitative estimate of drug-likeness (QED) is 0.524. The number of benzene rings is 2. The van der Waals surface area contributed by atoms with Crippen LogP contribution in [-0.2, 0) is 0 Å². The first-order valence-corrected chi connectivity index (χ1v) is 9.05. The number of hydrogen-bond acceptors (Lipinski definition) is 6. The summed E-state index contributed by atoms with van der Waals surface area (Å²) in [6.07, 6.45) is 0. The lowest BCUT2D eigenvalue weighted by Crippen LogP contribution is -2.15. The monoisotopic (exact) mass is 405 g/mol. The first-order chi connectivity index (χ1) is 14.4. The first kappa shape index (κ1) is 19.2. The van der Waals surface area contributed by atoms with E-state index < -0.39 is 11.6 Å². The second-order valence-electron chi connectivity index (χ2n) is 6.58. The third-order valence-corrected chi connectivity index (χ3v) is 4.78. The minimum absolute atomic E-state index is 0.0606. The number of primary amides is 1. The Bertz CT molecular complexity index is 1340. The van der Waals surface area contributed by atoms with Crippen LogP contribution in [0.5, 0.6) is 11.5 Å². The zero-order valence-corrected chi connectivity index (χ0v) is 16.6. The molecule has 0 fully saturated rings. The van der Waals surface area contributed by atoms with Crippen LogP contribution in [0.25, 0.3) is 28.2 Å². The molecule has 0 bridgehead atoms. The molecule has 9 nitrogen and oxygen atoms in total. The lowest BCUT2D eigenvalue weighted by molar-refractivity contribution is 0.0997. The Morgan fingerprint density at radius 1 is 1.07 bits per heavy atom. The van der Waals surface area contributed by atoms with Gasteiger partial charge < -0.3 is 20.2 Å². The number of nitrogens with two attached hydrogens (primary N) is 1. The van der Waals surface area contributed by atoms with Crippen LogP contribution in [0, 0.1) is 6.92 Å². The number of aromatic amines is 1. The van der Waals surface area contributed by atoms with E-state index in [1.807, 2.05) is 31.2 Å². The van der Waals surface area contributed by atoms with Crippen molar-refractivity contribution in [3.63, 3.8) is 0 Å². The molecule has 0 atom stereocenters. The molecular formula is C21H19N5O4. The van der Waals surface area contributed by atoms with Crippen LogP contribution >= 0.6 is 0 Å². The molecule has 0 aliphatic carbocycles.